The maximum absolute atomic E-state index is 12.3. The van der Waals surface area contributed by atoms with Gasteiger partial charge in [-0.15, -0.1) is 0 Å². The van der Waals surface area contributed by atoms with E-state index in [1.54, 1.807) is 19.1 Å². The Labute approximate surface area is 126 Å². The summed E-state index contributed by atoms with van der Waals surface area (Å²) in [6.07, 6.45) is 0.341. The Morgan fingerprint density at radius 3 is 2.35 bits per heavy atom. The molecule has 0 aliphatic carbocycles. The number of carbonyl (C=O) groups is 1. The monoisotopic (exact) mass is 297 g/mol. The van der Waals surface area contributed by atoms with Crippen LogP contribution in [0.25, 0.3) is 0 Å². The Hall–Kier alpha value is -1.06. The number of hydrogen-bond donors (Lipinski definition) is 2. The topological polar surface area (TPSA) is 49.3 Å². The van der Waals surface area contributed by atoms with Crippen molar-refractivity contribution < 1.29 is 9.90 Å². The summed E-state index contributed by atoms with van der Waals surface area (Å²) < 4.78 is 0. The van der Waals surface area contributed by atoms with Crippen molar-refractivity contribution in [2.75, 3.05) is 6.54 Å². The minimum absolute atomic E-state index is 0.0164. The first kappa shape index (κ1) is 17.0. The van der Waals surface area contributed by atoms with Crippen LogP contribution in [0.4, 0.5) is 0 Å². The van der Waals surface area contributed by atoms with E-state index in [9.17, 15) is 9.90 Å². The van der Waals surface area contributed by atoms with Crippen molar-refractivity contribution in [2.24, 2.45) is 5.92 Å². The van der Waals surface area contributed by atoms with E-state index < -0.39 is 5.41 Å². The van der Waals surface area contributed by atoms with Crippen LogP contribution in [0.15, 0.2) is 24.3 Å². The summed E-state index contributed by atoms with van der Waals surface area (Å²) in [5, 5.41) is 12.9. The van der Waals surface area contributed by atoms with Crippen LogP contribution in [0.5, 0.6) is 0 Å². The van der Waals surface area contributed by atoms with Crippen molar-refractivity contribution in [1.82, 2.24) is 5.32 Å². The van der Waals surface area contributed by atoms with E-state index in [0.717, 1.165) is 5.56 Å². The molecule has 1 rings (SSSR count). The van der Waals surface area contributed by atoms with Crippen LogP contribution in [0.1, 0.15) is 39.7 Å². The number of amides is 1. The van der Waals surface area contributed by atoms with Crippen LogP contribution in [0.2, 0.25) is 5.02 Å². The van der Waals surface area contributed by atoms with E-state index in [1.165, 1.54) is 0 Å². The largest absolute Gasteiger partial charge is 0.393 e. The standard InChI is InChI=1S/C16H24ClNO2/c1-11(9-12(2)19)10-18-15(20)16(3,4)13-5-7-14(17)8-6-13/h5-8,11-12,19H,9-10H2,1-4H3,(H,18,20). The molecule has 2 atom stereocenters. The molecule has 2 N–H and O–H groups in total. The van der Waals surface area contributed by atoms with Crippen molar-refractivity contribution in [3.8, 4) is 0 Å². The number of carbonyl (C=O) groups excluding carboxylic acids is 1. The number of aliphatic hydroxyl groups is 1. The summed E-state index contributed by atoms with van der Waals surface area (Å²) in [6, 6.07) is 7.34. The average molecular weight is 298 g/mol. The summed E-state index contributed by atoms with van der Waals surface area (Å²) in [4.78, 5) is 12.3. The molecule has 3 nitrogen and oxygen atoms in total. The first-order valence-corrected chi connectivity index (χ1v) is 7.33. The molecular weight excluding hydrogens is 274 g/mol. The normalized spacial score (nSPS) is 14.7. The van der Waals surface area contributed by atoms with Crippen molar-refractivity contribution in [3.05, 3.63) is 34.9 Å². The second-order valence-electron chi connectivity index (χ2n) is 6.03. The second-order valence-corrected chi connectivity index (χ2v) is 6.47. The molecule has 0 saturated heterocycles. The van der Waals surface area contributed by atoms with Gasteiger partial charge in [0, 0.05) is 11.6 Å². The molecule has 20 heavy (non-hydrogen) atoms. The number of halogens is 1. The van der Waals surface area contributed by atoms with E-state index in [4.69, 9.17) is 11.6 Å². The summed E-state index contributed by atoms with van der Waals surface area (Å²) in [5.41, 5.74) is 0.331. The minimum Gasteiger partial charge on any atom is -0.393 e. The summed E-state index contributed by atoms with van der Waals surface area (Å²) in [5.74, 6) is 0.234. The molecule has 0 aliphatic rings. The quantitative estimate of drug-likeness (QED) is 0.847. The van der Waals surface area contributed by atoms with Gasteiger partial charge in [-0.1, -0.05) is 30.7 Å². The third kappa shape index (κ3) is 4.80. The molecule has 0 fully saturated rings. The lowest BCUT2D eigenvalue weighted by atomic mass is 9.83. The summed E-state index contributed by atoms with van der Waals surface area (Å²) in [6.45, 7) is 8.13. The molecule has 0 radical (unpaired) electrons. The first-order valence-electron chi connectivity index (χ1n) is 6.96. The van der Waals surface area contributed by atoms with Crippen molar-refractivity contribution in [3.63, 3.8) is 0 Å². The third-order valence-corrected chi connectivity index (χ3v) is 3.74. The lowest BCUT2D eigenvalue weighted by Gasteiger charge is -2.25. The first-order chi connectivity index (χ1) is 9.23. The molecule has 1 amide bonds. The molecule has 1 aromatic carbocycles. The molecule has 0 aliphatic heterocycles. The lowest BCUT2D eigenvalue weighted by Crippen LogP contribution is -2.42. The van der Waals surface area contributed by atoms with Gasteiger partial charge in [-0.2, -0.15) is 0 Å². The molecule has 0 spiro atoms. The van der Waals surface area contributed by atoms with Gasteiger partial charge in [0.1, 0.15) is 0 Å². The zero-order valence-corrected chi connectivity index (χ0v) is 13.4. The highest BCUT2D eigenvalue weighted by atomic mass is 35.5. The van der Waals surface area contributed by atoms with E-state index in [1.807, 2.05) is 32.9 Å². The van der Waals surface area contributed by atoms with Gasteiger partial charge >= 0.3 is 0 Å². The Kier molecular flexibility index (Phi) is 6.03. The fourth-order valence-electron chi connectivity index (χ4n) is 2.15. The number of benzene rings is 1. The van der Waals surface area contributed by atoms with Crippen LogP contribution in [-0.2, 0) is 10.2 Å². The molecule has 4 heteroatoms. The van der Waals surface area contributed by atoms with Gasteiger partial charge in [0.05, 0.1) is 11.5 Å². The van der Waals surface area contributed by atoms with Gasteiger partial charge in [0.25, 0.3) is 0 Å². The van der Waals surface area contributed by atoms with E-state index in [-0.39, 0.29) is 17.9 Å². The molecule has 2 unspecified atom stereocenters. The Balaban J connectivity index is 2.63. The molecule has 0 bridgehead atoms. The highest BCUT2D eigenvalue weighted by Crippen LogP contribution is 2.25. The van der Waals surface area contributed by atoms with Crippen LogP contribution in [0.3, 0.4) is 0 Å². The molecule has 1 aromatic rings. The van der Waals surface area contributed by atoms with Gasteiger partial charge in [0.2, 0.25) is 5.91 Å². The highest BCUT2D eigenvalue weighted by Gasteiger charge is 2.29. The fraction of sp³-hybridized carbons (Fsp3) is 0.562. The SMILES string of the molecule is CC(O)CC(C)CNC(=O)C(C)(C)c1ccc(Cl)cc1. The van der Waals surface area contributed by atoms with Crippen molar-refractivity contribution in [2.45, 2.75) is 45.6 Å². The van der Waals surface area contributed by atoms with Crippen molar-refractivity contribution in [1.29, 1.82) is 0 Å². The van der Waals surface area contributed by atoms with Crippen LogP contribution < -0.4 is 5.32 Å². The Bertz CT molecular complexity index is 440. The third-order valence-electron chi connectivity index (χ3n) is 3.49. The predicted molar refractivity (Wildman–Crippen MR) is 82.9 cm³/mol. The fourth-order valence-corrected chi connectivity index (χ4v) is 2.28. The summed E-state index contributed by atoms with van der Waals surface area (Å²) in [7, 11) is 0. The van der Waals surface area contributed by atoms with Gasteiger partial charge in [-0.3, -0.25) is 4.79 Å². The van der Waals surface area contributed by atoms with Gasteiger partial charge in [-0.05, 0) is 50.8 Å². The number of nitrogens with one attached hydrogen (secondary N) is 1. The van der Waals surface area contributed by atoms with E-state index in [0.29, 0.717) is 18.0 Å². The molecule has 0 aromatic heterocycles. The number of hydrogen-bond acceptors (Lipinski definition) is 2. The highest BCUT2D eigenvalue weighted by molar-refractivity contribution is 6.30. The van der Waals surface area contributed by atoms with E-state index in [2.05, 4.69) is 5.32 Å². The number of aliphatic hydroxyl groups excluding tert-OH is 1. The Morgan fingerprint density at radius 2 is 1.85 bits per heavy atom. The van der Waals surface area contributed by atoms with Crippen LogP contribution >= 0.6 is 11.6 Å². The molecule has 0 heterocycles. The zero-order valence-electron chi connectivity index (χ0n) is 12.6. The van der Waals surface area contributed by atoms with E-state index >= 15 is 0 Å². The van der Waals surface area contributed by atoms with Gasteiger partial charge in [-0.25, -0.2) is 0 Å². The Morgan fingerprint density at radius 1 is 1.30 bits per heavy atom. The molecule has 112 valence electrons. The summed E-state index contributed by atoms with van der Waals surface area (Å²) >= 11 is 5.87. The maximum atomic E-state index is 12.3. The smallest absolute Gasteiger partial charge is 0.230 e. The van der Waals surface area contributed by atoms with Gasteiger partial charge < -0.3 is 10.4 Å². The number of rotatable bonds is 6. The van der Waals surface area contributed by atoms with Crippen LogP contribution in [-0.4, -0.2) is 23.7 Å². The molecule has 0 saturated carbocycles. The van der Waals surface area contributed by atoms with Crippen LogP contribution in [0, 0.1) is 5.92 Å². The maximum Gasteiger partial charge on any atom is 0.230 e. The second kappa shape index (κ2) is 7.09. The van der Waals surface area contributed by atoms with Gasteiger partial charge in [0.15, 0.2) is 0 Å². The van der Waals surface area contributed by atoms with Crippen molar-refractivity contribution >= 4 is 17.5 Å². The predicted octanol–water partition coefficient (Wildman–Crippen LogP) is 3.14. The minimum atomic E-state index is -0.602. The average Bonchev–Trinajstić information content (AvgIpc) is 2.35. The molecular formula is C16H24ClNO2. The zero-order chi connectivity index (χ0) is 15.3. The lowest BCUT2D eigenvalue weighted by molar-refractivity contribution is -0.125.